The van der Waals surface area contributed by atoms with Crippen LogP contribution >= 0.6 is 11.6 Å². The molecule has 0 bridgehead atoms. The van der Waals surface area contributed by atoms with Gasteiger partial charge in [-0.1, -0.05) is 23.7 Å². The molecule has 0 heterocycles. The summed E-state index contributed by atoms with van der Waals surface area (Å²) in [5, 5.41) is 12.0. The van der Waals surface area contributed by atoms with Gasteiger partial charge in [-0.15, -0.1) is 6.58 Å². The van der Waals surface area contributed by atoms with Crippen molar-refractivity contribution >= 4 is 23.5 Å². The summed E-state index contributed by atoms with van der Waals surface area (Å²) in [6.45, 7) is 5.07. The molecular formula is C15H18ClNO4. The van der Waals surface area contributed by atoms with Crippen molar-refractivity contribution in [1.82, 2.24) is 5.32 Å². The zero-order valence-corrected chi connectivity index (χ0v) is 12.5. The highest BCUT2D eigenvalue weighted by molar-refractivity contribution is 6.30. The summed E-state index contributed by atoms with van der Waals surface area (Å²) < 4.78 is 5.43. The van der Waals surface area contributed by atoms with E-state index in [4.69, 9.17) is 21.4 Å². The molecule has 2 N–H and O–H groups in total. The van der Waals surface area contributed by atoms with Gasteiger partial charge < -0.3 is 15.2 Å². The van der Waals surface area contributed by atoms with Crippen LogP contribution in [-0.4, -0.2) is 29.1 Å². The van der Waals surface area contributed by atoms with Crippen LogP contribution in [0.15, 0.2) is 36.9 Å². The predicted molar refractivity (Wildman–Crippen MR) is 80.5 cm³/mol. The highest BCUT2D eigenvalue weighted by atomic mass is 35.5. The SMILES string of the molecule is C=CCCC(NC(=O)C(C)Oc1cccc(Cl)c1)C(=O)O. The number of carboxylic acids is 1. The number of benzene rings is 1. The summed E-state index contributed by atoms with van der Waals surface area (Å²) in [7, 11) is 0. The fourth-order valence-electron chi connectivity index (χ4n) is 1.63. The number of nitrogens with one attached hydrogen (secondary N) is 1. The summed E-state index contributed by atoms with van der Waals surface area (Å²) >= 11 is 5.82. The number of allylic oxidation sites excluding steroid dienone is 1. The van der Waals surface area contributed by atoms with E-state index in [0.717, 1.165) is 0 Å². The second-order valence-electron chi connectivity index (χ2n) is 4.48. The van der Waals surface area contributed by atoms with Crippen molar-refractivity contribution in [3.05, 3.63) is 41.9 Å². The molecule has 0 aliphatic heterocycles. The van der Waals surface area contributed by atoms with E-state index in [2.05, 4.69) is 11.9 Å². The highest BCUT2D eigenvalue weighted by Crippen LogP contribution is 2.18. The van der Waals surface area contributed by atoms with Crippen LogP contribution in [0.1, 0.15) is 19.8 Å². The maximum Gasteiger partial charge on any atom is 0.326 e. The predicted octanol–water partition coefficient (Wildman–Crippen LogP) is 2.64. The Balaban J connectivity index is 2.60. The van der Waals surface area contributed by atoms with Gasteiger partial charge in [0.2, 0.25) is 0 Å². The van der Waals surface area contributed by atoms with Crippen LogP contribution in [0.2, 0.25) is 5.02 Å². The minimum absolute atomic E-state index is 0.286. The molecule has 2 atom stereocenters. The fraction of sp³-hybridized carbons (Fsp3) is 0.333. The zero-order valence-electron chi connectivity index (χ0n) is 11.7. The van der Waals surface area contributed by atoms with Crippen LogP contribution in [0.5, 0.6) is 5.75 Å². The smallest absolute Gasteiger partial charge is 0.326 e. The van der Waals surface area contributed by atoms with Gasteiger partial charge in [0.1, 0.15) is 11.8 Å². The van der Waals surface area contributed by atoms with E-state index in [1.807, 2.05) is 0 Å². The van der Waals surface area contributed by atoms with Gasteiger partial charge in [-0.05, 0) is 38.0 Å². The normalized spacial score (nSPS) is 13.0. The molecule has 0 saturated heterocycles. The first-order valence-electron chi connectivity index (χ1n) is 6.50. The van der Waals surface area contributed by atoms with Crippen molar-refractivity contribution in [2.75, 3.05) is 0 Å². The summed E-state index contributed by atoms with van der Waals surface area (Å²) in [5.41, 5.74) is 0. The molecule has 1 aromatic rings. The Kier molecular flexibility index (Phi) is 6.75. The molecule has 1 aromatic carbocycles. The standard InChI is InChI=1S/C15H18ClNO4/c1-3-4-8-13(15(19)20)17-14(18)10(2)21-12-7-5-6-11(16)9-12/h3,5-7,9-10,13H,1,4,8H2,2H3,(H,17,18)(H,19,20). The lowest BCUT2D eigenvalue weighted by atomic mass is 10.1. The molecule has 0 aromatic heterocycles. The first-order valence-corrected chi connectivity index (χ1v) is 6.88. The number of carboxylic acid groups (broad SMARTS) is 1. The third-order valence-electron chi connectivity index (χ3n) is 2.75. The van der Waals surface area contributed by atoms with Gasteiger partial charge in [-0.25, -0.2) is 4.79 Å². The Bertz CT molecular complexity index is 518. The van der Waals surface area contributed by atoms with Crippen molar-refractivity contribution in [1.29, 1.82) is 0 Å². The van der Waals surface area contributed by atoms with Crippen LogP contribution in [0.3, 0.4) is 0 Å². The van der Waals surface area contributed by atoms with Crippen molar-refractivity contribution in [2.24, 2.45) is 0 Å². The number of hydrogen-bond donors (Lipinski definition) is 2. The number of carbonyl (C=O) groups is 2. The zero-order chi connectivity index (χ0) is 15.8. The number of aliphatic carboxylic acids is 1. The first-order chi connectivity index (χ1) is 9.93. The van der Waals surface area contributed by atoms with E-state index in [0.29, 0.717) is 17.2 Å². The maximum absolute atomic E-state index is 12.0. The lowest BCUT2D eigenvalue weighted by molar-refractivity contribution is -0.143. The van der Waals surface area contributed by atoms with E-state index >= 15 is 0 Å². The molecule has 1 amide bonds. The molecule has 6 heteroatoms. The van der Waals surface area contributed by atoms with Gasteiger partial charge in [0.05, 0.1) is 0 Å². The summed E-state index contributed by atoms with van der Waals surface area (Å²) in [5.74, 6) is -1.13. The molecular weight excluding hydrogens is 294 g/mol. The number of hydrogen-bond acceptors (Lipinski definition) is 3. The first kappa shape index (κ1) is 17.0. The summed E-state index contributed by atoms with van der Waals surface area (Å²) in [4.78, 5) is 23.0. The minimum atomic E-state index is -1.08. The Morgan fingerprint density at radius 2 is 2.24 bits per heavy atom. The number of halogens is 1. The minimum Gasteiger partial charge on any atom is -0.481 e. The molecule has 0 aliphatic rings. The van der Waals surface area contributed by atoms with Crippen molar-refractivity contribution in [2.45, 2.75) is 31.9 Å². The molecule has 0 saturated carbocycles. The van der Waals surface area contributed by atoms with Crippen LogP contribution in [-0.2, 0) is 9.59 Å². The average molecular weight is 312 g/mol. The highest BCUT2D eigenvalue weighted by Gasteiger charge is 2.23. The van der Waals surface area contributed by atoms with Crippen molar-refractivity contribution < 1.29 is 19.4 Å². The van der Waals surface area contributed by atoms with Crippen LogP contribution in [0, 0.1) is 0 Å². The van der Waals surface area contributed by atoms with Crippen molar-refractivity contribution in [3.8, 4) is 5.75 Å². The van der Waals surface area contributed by atoms with E-state index < -0.39 is 24.0 Å². The van der Waals surface area contributed by atoms with Gasteiger partial charge >= 0.3 is 5.97 Å². The number of carbonyl (C=O) groups excluding carboxylic acids is 1. The largest absolute Gasteiger partial charge is 0.481 e. The molecule has 0 fully saturated rings. The van der Waals surface area contributed by atoms with E-state index in [1.54, 1.807) is 37.3 Å². The third-order valence-corrected chi connectivity index (χ3v) is 2.99. The quantitative estimate of drug-likeness (QED) is 0.724. The van der Waals surface area contributed by atoms with Gasteiger partial charge in [0.15, 0.2) is 6.10 Å². The molecule has 114 valence electrons. The molecule has 5 nitrogen and oxygen atoms in total. The second-order valence-corrected chi connectivity index (χ2v) is 4.92. The van der Waals surface area contributed by atoms with Crippen LogP contribution in [0.4, 0.5) is 0 Å². The Morgan fingerprint density at radius 3 is 2.81 bits per heavy atom. The number of rotatable bonds is 8. The van der Waals surface area contributed by atoms with Crippen LogP contribution < -0.4 is 10.1 Å². The topological polar surface area (TPSA) is 75.6 Å². The van der Waals surface area contributed by atoms with E-state index in [1.165, 1.54) is 0 Å². The Labute approximate surface area is 128 Å². The molecule has 0 radical (unpaired) electrons. The van der Waals surface area contributed by atoms with Gasteiger partial charge in [0.25, 0.3) is 5.91 Å². The molecule has 0 spiro atoms. The number of amides is 1. The van der Waals surface area contributed by atoms with Gasteiger partial charge in [-0.3, -0.25) is 4.79 Å². The molecule has 21 heavy (non-hydrogen) atoms. The molecule has 0 aliphatic carbocycles. The molecule has 2 unspecified atom stereocenters. The van der Waals surface area contributed by atoms with E-state index in [-0.39, 0.29) is 6.42 Å². The van der Waals surface area contributed by atoms with Crippen LogP contribution in [0.25, 0.3) is 0 Å². The van der Waals surface area contributed by atoms with E-state index in [9.17, 15) is 9.59 Å². The molecule has 1 rings (SSSR count). The lowest BCUT2D eigenvalue weighted by Crippen LogP contribution is -2.46. The van der Waals surface area contributed by atoms with Crippen molar-refractivity contribution in [3.63, 3.8) is 0 Å². The third kappa shape index (κ3) is 5.87. The Morgan fingerprint density at radius 1 is 1.52 bits per heavy atom. The number of ether oxygens (including phenoxy) is 1. The summed E-state index contributed by atoms with van der Waals surface area (Å²) in [6, 6.07) is 5.68. The maximum atomic E-state index is 12.0. The van der Waals surface area contributed by atoms with Gasteiger partial charge in [0, 0.05) is 5.02 Å². The second kappa shape index (κ2) is 8.32. The summed E-state index contributed by atoms with van der Waals surface area (Å²) in [6.07, 6.45) is 1.57. The Hall–Kier alpha value is -2.01. The fourth-order valence-corrected chi connectivity index (χ4v) is 1.81. The lowest BCUT2D eigenvalue weighted by Gasteiger charge is -2.18. The monoisotopic (exact) mass is 311 g/mol. The average Bonchev–Trinajstić information content (AvgIpc) is 2.42. The van der Waals surface area contributed by atoms with Gasteiger partial charge in [-0.2, -0.15) is 0 Å².